The van der Waals surface area contributed by atoms with Crippen molar-refractivity contribution < 1.29 is 9.53 Å². The van der Waals surface area contributed by atoms with E-state index in [9.17, 15) is 4.79 Å². The normalized spacial score (nSPS) is 25.4. The van der Waals surface area contributed by atoms with Crippen molar-refractivity contribution in [2.24, 2.45) is 0 Å². The van der Waals surface area contributed by atoms with Gasteiger partial charge in [0.05, 0.1) is 19.2 Å². The summed E-state index contributed by atoms with van der Waals surface area (Å²) in [5, 5.41) is 0. The first-order chi connectivity index (χ1) is 10.2. The smallest absolute Gasteiger partial charge is 0.228 e. The number of likely N-dealkylation sites (tertiary alicyclic amines) is 1. The van der Waals surface area contributed by atoms with E-state index in [-0.39, 0.29) is 5.91 Å². The first-order valence-corrected chi connectivity index (χ1v) is 7.61. The molecule has 0 bridgehead atoms. The summed E-state index contributed by atoms with van der Waals surface area (Å²) >= 11 is 0. The zero-order valence-corrected chi connectivity index (χ0v) is 12.7. The minimum Gasteiger partial charge on any atom is -0.481 e. The molecule has 0 spiro atoms. The van der Waals surface area contributed by atoms with Gasteiger partial charge in [-0.1, -0.05) is 0 Å². The van der Waals surface area contributed by atoms with Gasteiger partial charge in [-0.15, -0.1) is 0 Å². The highest BCUT2D eigenvalue weighted by molar-refractivity contribution is 5.74. The van der Waals surface area contributed by atoms with Gasteiger partial charge >= 0.3 is 0 Å². The SMILES string of the molecule is COc1ccnc(N2CCC[C@@H]2[C@@H]2CCCN2C(C)=O)n1. The summed E-state index contributed by atoms with van der Waals surface area (Å²) in [6, 6.07) is 2.37. The van der Waals surface area contributed by atoms with Crippen LogP contribution in [-0.2, 0) is 4.79 Å². The number of hydrogen-bond acceptors (Lipinski definition) is 5. The van der Waals surface area contributed by atoms with Gasteiger partial charge in [-0.25, -0.2) is 4.98 Å². The molecule has 0 aliphatic carbocycles. The van der Waals surface area contributed by atoms with Crippen LogP contribution in [0.3, 0.4) is 0 Å². The number of ether oxygens (including phenoxy) is 1. The Balaban J connectivity index is 1.83. The van der Waals surface area contributed by atoms with Crippen molar-refractivity contribution in [3.8, 4) is 5.88 Å². The monoisotopic (exact) mass is 290 g/mol. The number of anilines is 1. The highest BCUT2D eigenvalue weighted by atomic mass is 16.5. The van der Waals surface area contributed by atoms with Gasteiger partial charge in [0.15, 0.2) is 0 Å². The third-order valence-electron chi connectivity index (χ3n) is 4.53. The van der Waals surface area contributed by atoms with E-state index >= 15 is 0 Å². The van der Waals surface area contributed by atoms with Crippen molar-refractivity contribution >= 4 is 11.9 Å². The Morgan fingerprint density at radius 3 is 2.81 bits per heavy atom. The highest BCUT2D eigenvalue weighted by Gasteiger charge is 2.39. The topological polar surface area (TPSA) is 58.6 Å². The van der Waals surface area contributed by atoms with Gasteiger partial charge < -0.3 is 14.5 Å². The van der Waals surface area contributed by atoms with Gasteiger partial charge in [-0.05, 0) is 25.7 Å². The number of nitrogens with zero attached hydrogens (tertiary/aromatic N) is 4. The maximum atomic E-state index is 11.8. The third kappa shape index (κ3) is 2.66. The molecule has 0 N–H and O–H groups in total. The number of aromatic nitrogens is 2. The third-order valence-corrected chi connectivity index (χ3v) is 4.53. The van der Waals surface area contributed by atoms with Gasteiger partial charge in [-0.2, -0.15) is 4.98 Å². The molecule has 2 aliphatic rings. The molecule has 2 aliphatic heterocycles. The zero-order valence-electron chi connectivity index (χ0n) is 12.7. The van der Waals surface area contributed by atoms with Crippen LogP contribution in [0.4, 0.5) is 5.95 Å². The first kappa shape index (κ1) is 14.1. The summed E-state index contributed by atoms with van der Waals surface area (Å²) in [7, 11) is 1.61. The molecule has 2 atom stereocenters. The average Bonchev–Trinajstić information content (AvgIpc) is 3.15. The van der Waals surface area contributed by atoms with Crippen LogP contribution in [0.1, 0.15) is 32.6 Å². The standard InChI is InChI=1S/C15H22N4O2/c1-11(20)18-9-3-5-12(18)13-6-4-10-19(13)15-16-8-7-14(17-15)21-2/h7-8,12-13H,3-6,9-10H2,1-2H3/t12-,13+/m0/s1. The second kappa shape index (κ2) is 5.87. The van der Waals surface area contributed by atoms with Crippen molar-refractivity contribution in [1.29, 1.82) is 0 Å². The largest absolute Gasteiger partial charge is 0.481 e. The number of hydrogen-bond donors (Lipinski definition) is 0. The van der Waals surface area contributed by atoms with Gasteiger partial charge in [0.25, 0.3) is 0 Å². The summed E-state index contributed by atoms with van der Waals surface area (Å²) in [6.45, 7) is 3.49. The number of carbonyl (C=O) groups excluding carboxylic acids is 1. The van der Waals surface area contributed by atoms with E-state index < -0.39 is 0 Å². The molecular formula is C15H22N4O2. The molecule has 0 radical (unpaired) electrons. The van der Waals surface area contributed by atoms with Crippen LogP contribution < -0.4 is 9.64 Å². The van der Waals surface area contributed by atoms with Gasteiger partial charge in [0.2, 0.25) is 17.7 Å². The Morgan fingerprint density at radius 2 is 2.05 bits per heavy atom. The van der Waals surface area contributed by atoms with Crippen LogP contribution in [0.5, 0.6) is 5.88 Å². The van der Waals surface area contributed by atoms with Crippen LogP contribution in [0, 0.1) is 0 Å². The van der Waals surface area contributed by atoms with Crippen LogP contribution in [0.25, 0.3) is 0 Å². The van der Waals surface area contributed by atoms with E-state index in [2.05, 4.69) is 14.9 Å². The minimum absolute atomic E-state index is 0.177. The molecule has 3 rings (SSSR count). The Bertz CT molecular complexity index is 522. The van der Waals surface area contributed by atoms with Crippen LogP contribution in [0.15, 0.2) is 12.3 Å². The highest BCUT2D eigenvalue weighted by Crippen LogP contribution is 2.32. The van der Waals surface area contributed by atoms with Crippen LogP contribution in [-0.4, -0.2) is 53.1 Å². The van der Waals surface area contributed by atoms with Gasteiger partial charge in [0.1, 0.15) is 0 Å². The van der Waals surface area contributed by atoms with Gasteiger partial charge in [-0.3, -0.25) is 4.79 Å². The van der Waals surface area contributed by atoms with E-state index in [4.69, 9.17) is 4.74 Å². The second-order valence-corrected chi connectivity index (χ2v) is 5.72. The molecule has 0 aromatic carbocycles. The Morgan fingerprint density at radius 1 is 1.29 bits per heavy atom. The number of carbonyl (C=O) groups is 1. The van der Waals surface area contributed by atoms with Crippen molar-refractivity contribution in [2.45, 2.75) is 44.7 Å². The number of amides is 1. The maximum Gasteiger partial charge on any atom is 0.228 e. The Labute approximate surface area is 125 Å². The lowest BCUT2D eigenvalue weighted by atomic mass is 10.0. The quantitative estimate of drug-likeness (QED) is 0.843. The summed E-state index contributed by atoms with van der Waals surface area (Å²) in [5.41, 5.74) is 0. The van der Waals surface area contributed by atoms with Crippen molar-refractivity contribution in [1.82, 2.24) is 14.9 Å². The lowest BCUT2D eigenvalue weighted by Crippen LogP contribution is -2.48. The molecule has 2 saturated heterocycles. The van der Waals surface area contributed by atoms with Crippen molar-refractivity contribution in [3.63, 3.8) is 0 Å². The molecular weight excluding hydrogens is 268 g/mol. The predicted octanol–water partition coefficient (Wildman–Crippen LogP) is 1.46. The number of rotatable bonds is 3. The second-order valence-electron chi connectivity index (χ2n) is 5.72. The van der Waals surface area contributed by atoms with Crippen molar-refractivity contribution in [3.05, 3.63) is 12.3 Å². The molecule has 1 aromatic rings. The molecule has 21 heavy (non-hydrogen) atoms. The maximum absolute atomic E-state index is 11.8. The van der Waals surface area contributed by atoms with E-state index in [0.29, 0.717) is 23.9 Å². The lowest BCUT2D eigenvalue weighted by molar-refractivity contribution is -0.129. The molecule has 1 aromatic heterocycles. The summed E-state index contributed by atoms with van der Waals surface area (Å²) in [6.07, 6.45) is 6.11. The molecule has 3 heterocycles. The summed E-state index contributed by atoms with van der Waals surface area (Å²) in [5.74, 6) is 1.48. The zero-order chi connectivity index (χ0) is 14.8. The molecule has 6 heteroatoms. The fourth-order valence-electron chi connectivity index (χ4n) is 3.61. The molecule has 0 saturated carbocycles. The fourth-order valence-corrected chi connectivity index (χ4v) is 3.61. The average molecular weight is 290 g/mol. The summed E-state index contributed by atoms with van der Waals surface area (Å²) in [4.78, 5) is 24.9. The van der Waals surface area contributed by atoms with Crippen LogP contribution >= 0.6 is 0 Å². The fraction of sp³-hybridized carbons (Fsp3) is 0.667. The predicted molar refractivity (Wildman–Crippen MR) is 79.4 cm³/mol. The minimum atomic E-state index is 0.177. The molecule has 6 nitrogen and oxygen atoms in total. The Kier molecular flexibility index (Phi) is 3.94. The van der Waals surface area contributed by atoms with E-state index in [1.54, 1.807) is 26.3 Å². The summed E-state index contributed by atoms with van der Waals surface area (Å²) < 4.78 is 5.19. The van der Waals surface area contributed by atoms with Crippen LogP contribution in [0.2, 0.25) is 0 Å². The molecule has 1 amide bonds. The number of methoxy groups -OCH3 is 1. The van der Waals surface area contributed by atoms with Crippen molar-refractivity contribution in [2.75, 3.05) is 25.1 Å². The molecule has 2 fully saturated rings. The van der Waals surface area contributed by atoms with Gasteiger partial charge in [0, 0.05) is 32.3 Å². The molecule has 114 valence electrons. The van der Waals surface area contributed by atoms with E-state index in [1.807, 2.05) is 4.90 Å². The first-order valence-electron chi connectivity index (χ1n) is 7.61. The Hall–Kier alpha value is -1.85. The van der Waals surface area contributed by atoms with E-state index in [1.165, 1.54) is 0 Å². The van der Waals surface area contributed by atoms with E-state index in [0.717, 1.165) is 38.8 Å². The molecule has 0 unspecified atom stereocenters. The lowest BCUT2D eigenvalue weighted by Gasteiger charge is -2.34.